The van der Waals surface area contributed by atoms with E-state index in [9.17, 15) is 14.4 Å². The number of ether oxygens (including phenoxy) is 1. The average molecular weight is 395 g/mol. The highest BCUT2D eigenvalue weighted by Gasteiger charge is 2.32. The average Bonchev–Trinajstić information content (AvgIpc) is 2.95. The summed E-state index contributed by atoms with van der Waals surface area (Å²) in [6.45, 7) is 5.51. The minimum absolute atomic E-state index is 0.0278. The van der Waals surface area contributed by atoms with Crippen molar-refractivity contribution in [3.05, 3.63) is 51.8 Å². The van der Waals surface area contributed by atoms with E-state index in [1.54, 1.807) is 12.1 Å². The van der Waals surface area contributed by atoms with Crippen LogP contribution >= 0.6 is 0 Å². The van der Waals surface area contributed by atoms with Crippen LogP contribution in [0.15, 0.2) is 35.1 Å². The second-order valence-electron chi connectivity index (χ2n) is 7.51. The number of nitrogen functional groups attached to an aromatic ring is 1. The Bertz CT molecular complexity index is 1050. The molecular formula is C20H21N5O4. The lowest BCUT2D eigenvalue weighted by Gasteiger charge is -2.43. The fraction of sp³-hybridized carbons (Fsp3) is 0.350. The Labute approximate surface area is 166 Å². The summed E-state index contributed by atoms with van der Waals surface area (Å²) in [6, 6.07) is 9.21. The molecule has 1 aromatic carbocycles. The van der Waals surface area contributed by atoms with Gasteiger partial charge in [-0.3, -0.25) is 29.2 Å². The van der Waals surface area contributed by atoms with Gasteiger partial charge < -0.3 is 15.4 Å². The van der Waals surface area contributed by atoms with Crippen molar-refractivity contribution in [3.63, 3.8) is 0 Å². The van der Waals surface area contributed by atoms with Crippen molar-refractivity contribution in [2.24, 2.45) is 0 Å². The molecule has 29 heavy (non-hydrogen) atoms. The molecule has 0 atom stereocenters. The Hall–Kier alpha value is -3.17. The maximum absolute atomic E-state index is 12.5. The summed E-state index contributed by atoms with van der Waals surface area (Å²) >= 11 is 0. The van der Waals surface area contributed by atoms with Gasteiger partial charge in [-0.1, -0.05) is 0 Å². The quantitative estimate of drug-likeness (QED) is 0.694. The largest absolute Gasteiger partial charge is 0.384 e. The van der Waals surface area contributed by atoms with Crippen molar-refractivity contribution in [1.82, 2.24) is 14.8 Å². The second-order valence-corrected chi connectivity index (χ2v) is 7.51. The summed E-state index contributed by atoms with van der Waals surface area (Å²) < 4.78 is 6.54. The molecule has 0 unspecified atom stereocenters. The molecule has 9 heteroatoms. The Balaban J connectivity index is 1.39. The molecule has 3 aliphatic heterocycles. The number of benzene rings is 1. The van der Waals surface area contributed by atoms with Crippen LogP contribution in [0.4, 0.5) is 11.5 Å². The van der Waals surface area contributed by atoms with Crippen LogP contribution in [0, 0.1) is 0 Å². The van der Waals surface area contributed by atoms with Gasteiger partial charge in [0, 0.05) is 37.9 Å². The zero-order valence-corrected chi connectivity index (χ0v) is 15.8. The Morgan fingerprint density at radius 1 is 0.931 bits per heavy atom. The monoisotopic (exact) mass is 395 g/mol. The number of nitrogens with two attached hydrogens (primary N) is 1. The van der Waals surface area contributed by atoms with Crippen LogP contribution in [0.3, 0.4) is 0 Å². The summed E-state index contributed by atoms with van der Waals surface area (Å²) in [5.74, 6) is -1.20. The highest BCUT2D eigenvalue weighted by atomic mass is 16.5. The highest BCUT2D eigenvalue weighted by Crippen LogP contribution is 2.25. The van der Waals surface area contributed by atoms with E-state index in [4.69, 9.17) is 10.5 Å². The number of hydrogen-bond donors (Lipinski definition) is 2. The van der Waals surface area contributed by atoms with E-state index < -0.39 is 17.4 Å². The van der Waals surface area contributed by atoms with Crippen molar-refractivity contribution in [2.75, 3.05) is 50.0 Å². The smallest absolute Gasteiger partial charge is 0.262 e. The molecule has 4 heterocycles. The molecule has 3 N–H and O–H groups in total. The normalized spacial score (nSPS) is 19.8. The number of piperazine rings is 1. The number of amides is 2. The van der Waals surface area contributed by atoms with Crippen LogP contribution in [0.2, 0.25) is 0 Å². The van der Waals surface area contributed by atoms with E-state index in [0.29, 0.717) is 11.7 Å². The van der Waals surface area contributed by atoms with Gasteiger partial charge >= 0.3 is 0 Å². The predicted octanol–water partition coefficient (Wildman–Crippen LogP) is -0.176. The molecule has 0 aliphatic carbocycles. The van der Waals surface area contributed by atoms with E-state index in [1.165, 1.54) is 4.57 Å². The summed E-state index contributed by atoms with van der Waals surface area (Å²) in [6.07, 6.45) is 0. The van der Waals surface area contributed by atoms with Crippen LogP contribution in [0.5, 0.6) is 0 Å². The minimum atomic E-state index is -0.594. The summed E-state index contributed by atoms with van der Waals surface area (Å²) in [5, 5.41) is 2.17. The van der Waals surface area contributed by atoms with E-state index >= 15 is 0 Å². The van der Waals surface area contributed by atoms with E-state index in [-0.39, 0.29) is 16.9 Å². The number of nitrogens with zero attached hydrogens (tertiary/aromatic N) is 3. The molecule has 5 rings (SSSR count). The Morgan fingerprint density at radius 2 is 1.59 bits per heavy atom. The van der Waals surface area contributed by atoms with E-state index in [0.717, 1.165) is 51.1 Å². The van der Waals surface area contributed by atoms with Gasteiger partial charge in [-0.15, -0.1) is 0 Å². The molecule has 1 aromatic heterocycles. The number of carbonyl (C=O) groups excluding carboxylic acids is 2. The van der Waals surface area contributed by atoms with Crippen LogP contribution in [0.1, 0.15) is 20.7 Å². The first-order valence-corrected chi connectivity index (χ1v) is 9.61. The van der Waals surface area contributed by atoms with Crippen LogP contribution in [0.25, 0.3) is 5.69 Å². The number of pyridine rings is 1. The van der Waals surface area contributed by atoms with Crippen LogP contribution < -0.4 is 21.5 Å². The fourth-order valence-corrected chi connectivity index (χ4v) is 4.14. The molecule has 3 aliphatic rings. The Morgan fingerprint density at radius 3 is 2.21 bits per heavy atom. The molecule has 0 bridgehead atoms. The highest BCUT2D eigenvalue weighted by molar-refractivity contribution is 6.23. The van der Waals surface area contributed by atoms with E-state index in [1.807, 2.05) is 12.1 Å². The van der Waals surface area contributed by atoms with Crippen molar-refractivity contribution >= 4 is 23.3 Å². The minimum Gasteiger partial charge on any atom is -0.384 e. The van der Waals surface area contributed by atoms with Crippen LogP contribution in [-0.2, 0) is 4.74 Å². The van der Waals surface area contributed by atoms with Gasteiger partial charge in [-0.25, -0.2) is 0 Å². The van der Waals surface area contributed by atoms with Crippen LogP contribution in [-0.4, -0.2) is 66.7 Å². The number of carbonyl (C=O) groups is 2. The van der Waals surface area contributed by atoms with Crippen molar-refractivity contribution < 1.29 is 14.3 Å². The van der Waals surface area contributed by atoms with Crippen molar-refractivity contribution in [1.29, 1.82) is 0 Å². The molecule has 2 amide bonds. The SMILES string of the molecule is Nc1c2c(cc(=O)n1-c1ccc(N3CCN(C4COC4)CC3)cc1)C(=O)NC2=O. The fourth-order valence-electron chi connectivity index (χ4n) is 4.14. The number of nitrogens with one attached hydrogen (secondary N) is 1. The third-order valence-corrected chi connectivity index (χ3v) is 5.88. The number of rotatable bonds is 3. The number of anilines is 2. The van der Waals surface area contributed by atoms with Gasteiger partial charge in [0.15, 0.2) is 0 Å². The summed E-state index contributed by atoms with van der Waals surface area (Å²) in [5.41, 5.74) is 7.34. The predicted molar refractivity (Wildman–Crippen MR) is 107 cm³/mol. The van der Waals surface area contributed by atoms with Gasteiger partial charge in [-0.2, -0.15) is 0 Å². The number of hydrogen-bond acceptors (Lipinski definition) is 7. The zero-order chi connectivity index (χ0) is 20.1. The standard InChI is InChI=1S/C20H21N5O4/c21-18-17-15(19(27)22-20(17)28)9-16(26)25(18)13-3-1-12(2-4-13)23-5-7-24(8-6-23)14-10-29-11-14/h1-4,9,14H,5-8,10-11,21H2,(H,22,27,28). The summed E-state index contributed by atoms with van der Waals surface area (Å²) in [4.78, 5) is 41.1. The number of aromatic nitrogens is 1. The summed E-state index contributed by atoms with van der Waals surface area (Å²) in [7, 11) is 0. The first-order valence-electron chi connectivity index (χ1n) is 9.61. The molecule has 0 spiro atoms. The van der Waals surface area contributed by atoms with Gasteiger partial charge in [0.05, 0.1) is 36.1 Å². The molecule has 2 aromatic rings. The molecule has 150 valence electrons. The molecule has 0 radical (unpaired) electrons. The molecule has 2 saturated heterocycles. The van der Waals surface area contributed by atoms with Gasteiger partial charge in [-0.05, 0) is 24.3 Å². The molecule has 0 saturated carbocycles. The number of fused-ring (bicyclic) bond motifs is 1. The van der Waals surface area contributed by atoms with Crippen molar-refractivity contribution in [3.8, 4) is 5.69 Å². The third kappa shape index (κ3) is 2.90. The maximum Gasteiger partial charge on any atom is 0.262 e. The lowest BCUT2D eigenvalue weighted by molar-refractivity contribution is -0.0660. The lowest BCUT2D eigenvalue weighted by atomic mass is 10.1. The maximum atomic E-state index is 12.5. The first-order chi connectivity index (χ1) is 14.0. The van der Waals surface area contributed by atoms with Gasteiger partial charge in [0.25, 0.3) is 17.4 Å². The third-order valence-electron chi connectivity index (χ3n) is 5.88. The van der Waals surface area contributed by atoms with Crippen molar-refractivity contribution in [2.45, 2.75) is 6.04 Å². The molecule has 2 fully saturated rings. The van der Waals surface area contributed by atoms with Gasteiger partial charge in [0.1, 0.15) is 5.82 Å². The lowest BCUT2D eigenvalue weighted by Crippen LogP contribution is -2.56. The van der Waals surface area contributed by atoms with Gasteiger partial charge in [0.2, 0.25) is 0 Å². The second kappa shape index (κ2) is 6.71. The topological polar surface area (TPSA) is 110 Å². The number of imide groups is 1. The first kappa shape index (κ1) is 17.9. The molecule has 9 nitrogen and oxygen atoms in total. The Kier molecular flexibility index (Phi) is 4.14. The zero-order valence-electron chi connectivity index (χ0n) is 15.8. The van der Waals surface area contributed by atoms with E-state index in [2.05, 4.69) is 15.1 Å². The molecular weight excluding hydrogens is 374 g/mol.